The molecule has 3 rings (SSSR count). The lowest BCUT2D eigenvalue weighted by atomic mass is 9.78. The zero-order chi connectivity index (χ0) is 15.1. The molecule has 1 N–H and O–H groups in total. The molecule has 0 amide bonds. The average molecular weight is 297 g/mol. The largest absolute Gasteiger partial charge is 0.416 e. The first kappa shape index (κ1) is 14.9. The van der Waals surface area contributed by atoms with E-state index in [2.05, 4.69) is 12.2 Å². The maximum atomic E-state index is 12.6. The minimum Gasteiger partial charge on any atom is -0.313 e. The summed E-state index contributed by atoms with van der Waals surface area (Å²) in [5, 5.41) is 3.59. The molecule has 0 heterocycles. The van der Waals surface area contributed by atoms with Gasteiger partial charge in [-0.05, 0) is 61.1 Å². The van der Waals surface area contributed by atoms with E-state index >= 15 is 0 Å². The number of alkyl halides is 3. The molecule has 0 aromatic heterocycles. The highest BCUT2D eigenvalue weighted by molar-refractivity contribution is 5.26. The van der Waals surface area contributed by atoms with Crippen molar-refractivity contribution < 1.29 is 13.2 Å². The van der Waals surface area contributed by atoms with Gasteiger partial charge >= 0.3 is 6.18 Å². The Balaban J connectivity index is 1.67. The summed E-state index contributed by atoms with van der Waals surface area (Å²) < 4.78 is 37.8. The number of hydrogen-bond donors (Lipinski definition) is 1. The Bertz CT molecular complexity index is 486. The fourth-order valence-corrected chi connectivity index (χ4v) is 3.07. The van der Waals surface area contributed by atoms with Gasteiger partial charge in [-0.15, -0.1) is 0 Å². The van der Waals surface area contributed by atoms with Gasteiger partial charge in [0.1, 0.15) is 0 Å². The van der Waals surface area contributed by atoms with Gasteiger partial charge < -0.3 is 5.32 Å². The van der Waals surface area contributed by atoms with Crippen LogP contribution in [0.2, 0.25) is 0 Å². The third kappa shape index (κ3) is 3.79. The molecule has 116 valence electrons. The Morgan fingerprint density at radius 1 is 1.05 bits per heavy atom. The van der Waals surface area contributed by atoms with E-state index in [1.165, 1.54) is 37.8 Å². The van der Waals surface area contributed by atoms with Gasteiger partial charge in [0.15, 0.2) is 0 Å². The van der Waals surface area contributed by atoms with Crippen molar-refractivity contribution in [3.63, 3.8) is 0 Å². The summed E-state index contributed by atoms with van der Waals surface area (Å²) in [7, 11) is 0. The van der Waals surface area contributed by atoms with Gasteiger partial charge in [-0.3, -0.25) is 0 Å². The molecule has 0 bridgehead atoms. The lowest BCUT2D eigenvalue weighted by molar-refractivity contribution is -0.137. The van der Waals surface area contributed by atoms with Crippen LogP contribution in [0.1, 0.15) is 43.7 Å². The smallest absolute Gasteiger partial charge is 0.313 e. The molecule has 2 aliphatic rings. The highest BCUT2D eigenvalue weighted by atomic mass is 19.4. The van der Waals surface area contributed by atoms with Gasteiger partial charge in [-0.1, -0.05) is 19.1 Å². The first-order chi connectivity index (χ1) is 9.87. The van der Waals surface area contributed by atoms with Crippen molar-refractivity contribution in [2.24, 2.45) is 11.3 Å². The number of rotatable bonds is 6. The molecule has 1 nitrogen and oxygen atoms in total. The molecule has 2 fully saturated rings. The highest BCUT2D eigenvalue weighted by Gasteiger charge is 2.42. The van der Waals surface area contributed by atoms with E-state index in [1.54, 1.807) is 12.1 Å². The van der Waals surface area contributed by atoms with Gasteiger partial charge in [-0.2, -0.15) is 13.2 Å². The third-order valence-electron chi connectivity index (χ3n) is 4.82. The molecular weight excluding hydrogens is 275 g/mol. The van der Waals surface area contributed by atoms with E-state index in [4.69, 9.17) is 0 Å². The Morgan fingerprint density at radius 3 is 2.14 bits per heavy atom. The van der Waals surface area contributed by atoms with E-state index in [9.17, 15) is 13.2 Å². The molecule has 4 heteroatoms. The van der Waals surface area contributed by atoms with Crippen molar-refractivity contribution in [2.45, 2.75) is 51.2 Å². The molecular formula is C17H22F3N. The van der Waals surface area contributed by atoms with Gasteiger partial charge in [-0.25, -0.2) is 0 Å². The molecule has 0 aliphatic heterocycles. The predicted molar refractivity (Wildman–Crippen MR) is 77.0 cm³/mol. The lowest BCUT2D eigenvalue weighted by Crippen LogP contribution is -2.36. The second-order valence-corrected chi connectivity index (χ2v) is 6.95. The number of benzene rings is 1. The van der Waals surface area contributed by atoms with E-state index in [1.807, 2.05) is 0 Å². The van der Waals surface area contributed by atoms with Crippen LogP contribution in [0, 0.1) is 11.3 Å². The minimum atomic E-state index is -4.24. The van der Waals surface area contributed by atoms with Crippen molar-refractivity contribution in [3.8, 4) is 0 Å². The summed E-state index contributed by atoms with van der Waals surface area (Å²) in [5.41, 5.74) is 0.619. The summed E-state index contributed by atoms with van der Waals surface area (Å²) in [6.07, 6.45) is 1.65. The van der Waals surface area contributed by atoms with E-state index in [0.717, 1.165) is 18.5 Å². The van der Waals surface area contributed by atoms with Crippen molar-refractivity contribution in [1.29, 1.82) is 0 Å². The SMILES string of the molecule is CC(CNC1CC1)(Cc1ccc(C(F)(F)F)cc1)C1CC1. The first-order valence-electron chi connectivity index (χ1n) is 7.76. The van der Waals surface area contributed by atoms with Crippen molar-refractivity contribution in [2.75, 3.05) is 6.54 Å². The fourth-order valence-electron chi connectivity index (χ4n) is 3.07. The summed E-state index contributed by atoms with van der Waals surface area (Å²) in [4.78, 5) is 0. The Kier molecular flexibility index (Phi) is 3.76. The molecule has 0 saturated heterocycles. The molecule has 1 atom stereocenters. The van der Waals surface area contributed by atoms with E-state index in [0.29, 0.717) is 12.0 Å². The maximum Gasteiger partial charge on any atom is 0.416 e. The molecule has 2 aliphatic carbocycles. The van der Waals surface area contributed by atoms with Gasteiger partial charge in [0.2, 0.25) is 0 Å². The predicted octanol–water partition coefficient (Wildman–Crippen LogP) is 4.42. The Morgan fingerprint density at radius 2 is 1.67 bits per heavy atom. The van der Waals surface area contributed by atoms with Crippen LogP contribution in [-0.4, -0.2) is 12.6 Å². The lowest BCUT2D eigenvalue weighted by Gasteiger charge is -2.30. The standard InChI is InChI=1S/C17H22F3N/c1-16(13-6-7-13,11-21-15-8-9-15)10-12-2-4-14(5-3-12)17(18,19)20/h2-5,13,15,21H,6-11H2,1H3. The summed E-state index contributed by atoms with van der Waals surface area (Å²) in [6.45, 7) is 3.25. The van der Waals surface area contributed by atoms with Crippen LogP contribution in [0.5, 0.6) is 0 Å². The summed E-state index contributed by atoms with van der Waals surface area (Å²) >= 11 is 0. The van der Waals surface area contributed by atoms with E-state index in [-0.39, 0.29) is 5.41 Å². The van der Waals surface area contributed by atoms with Crippen LogP contribution in [0.3, 0.4) is 0 Å². The number of halogens is 3. The van der Waals surface area contributed by atoms with Crippen LogP contribution < -0.4 is 5.32 Å². The molecule has 21 heavy (non-hydrogen) atoms. The zero-order valence-electron chi connectivity index (χ0n) is 12.3. The van der Waals surface area contributed by atoms with Crippen LogP contribution in [0.15, 0.2) is 24.3 Å². The summed E-state index contributed by atoms with van der Waals surface area (Å²) in [5.74, 6) is 0.714. The summed E-state index contributed by atoms with van der Waals surface area (Å²) in [6, 6.07) is 6.37. The normalized spacial score (nSPS) is 22.1. The Hall–Kier alpha value is -1.03. The molecule has 1 aromatic carbocycles. The minimum absolute atomic E-state index is 0.169. The monoisotopic (exact) mass is 297 g/mol. The van der Waals surface area contributed by atoms with Crippen LogP contribution in [0.25, 0.3) is 0 Å². The molecule has 1 aromatic rings. The number of hydrogen-bond acceptors (Lipinski definition) is 1. The van der Waals surface area contributed by atoms with Crippen LogP contribution in [-0.2, 0) is 12.6 Å². The quantitative estimate of drug-likeness (QED) is 0.820. The first-order valence-corrected chi connectivity index (χ1v) is 7.76. The van der Waals surface area contributed by atoms with Gasteiger partial charge in [0, 0.05) is 12.6 Å². The molecule has 0 radical (unpaired) electrons. The van der Waals surface area contributed by atoms with Crippen molar-refractivity contribution in [3.05, 3.63) is 35.4 Å². The average Bonchev–Trinajstić information content (AvgIpc) is 3.28. The van der Waals surface area contributed by atoms with Gasteiger partial charge in [0.25, 0.3) is 0 Å². The fraction of sp³-hybridized carbons (Fsp3) is 0.647. The van der Waals surface area contributed by atoms with Crippen LogP contribution >= 0.6 is 0 Å². The van der Waals surface area contributed by atoms with Crippen molar-refractivity contribution in [1.82, 2.24) is 5.32 Å². The molecule has 0 spiro atoms. The second-order valence-electron chi connectivity index (χ2n) is 6.95. The van der Waals surface area contributed by atoms with Gasteiger partial charge in [0.05, 0.1) is 5.56 Å². The number of nitrogens with one attached hydrogen (secondary N) is 1. The second kappa shape index (κ2) is 5.31. The molecule has 1 unspecified atom stereocenters. The Labute approximate surface area is 123 Å². The molecule has 2 saturated carbocycles. The van der Waals surface area contributed by atoms with E-state index < -0.39 is 11.7 Å². The van der Waals surface area contributed by atoms with Crippen LogP contribution in [0.4, 0.5) is 13.2 Å². The third-order valence-corrected chi connectivity index (χ3v) is 4.82. The highest BCUT2D eigenvalue weighted by Crippen LogP contribution is 2.47. The maximum absolute atomic E-state index is 12.6. The van der Waals surface area contributed by atoms with Crippen molar-refractivity contribution >= 4 is 0 Å². The topological polar surface area (TPSA) is 12.0 Å². The zero-order valence-corrected chi connectivity index (χ0v) is 12.3.